The van der Waals surface area contributed by atoms with Crippen LogP contribution in [0.15, 0.2) is 11.6 Å². The van der Waals surface area contributed by atoms with Crippen molar-refractivity contribution >= 4 is 5.97 Å². The Labute approximate surface area is 122 Å². The average molecular weight is 280 g/mol. The third kappa shape index (κ3) is 4.06. The number of ether oxygens (including phenoxy) is 1. The number of piperazine rings is 1. The lowest BCUT2D eigenvalue weighted by Gasteiger charge is -2.37. The van der Waals surface area contributed by atoms with Gasteiger partial charge in [-0.2, -0.15) is 0 Å². The smallest absolute Gasteiger partial charge is 0.333 e. The van der Waals surface area contributed by atoms with Crippen molar-refractivity contribution in [2.24, 2.45) is 0 Å². The molecule has 1 saturated heterocycles. The van der Waals surface area contributed by atoms with Crippen LogP contribution in [0, 0.1) is 0 Å². The van der Waals surface area contributed by atoms with Crippen LogP contribution in [-0.2, 0) is 9.53 Å². The normalized spacial score (nSPS) is 23.2. The van der Waals surface area contributed by atoms with Crippen LogP contribution in [0.25, 0.3) is 0 Å². The van der Waals surface area contributed by atoms with E-state index in [0.717, 1.165) is 37.7 Å². The number of carbonyl (C=O) groups excluding carboxylic acids is 1. The summed E-state index contributed by atoms with van der Waals surface area (Å²) >= 11 is 0. The number of hydrogen-bond donors (Lipinski definition) is 0. The summed E-state index contributed by atoms with van der Waals surface area (Å²) in [6.07, 6.45) is 8.38. The first-order valence-corrected chi connectivity index (χ1v) is 7.98. The standard InChI is InChI=1S/C16H28N2O2/c1-3-14(16(19)20-2)8-9-17-10-12-18(13-11-17)15-6-4-5-7-15/h8,15H,3-7,9-13H2,1-2H3. The Hall–Kier alpha value is -0.870. The zero-order valence-electron chi connectivity index (χ0n) is 12.9. The fourth-order valence-corrected chi connectivity index (χ4v) is 3.32. The van der Waals surface area contributed by atoms with Gasteiger partial charge in [-0.15, -0.1) is 0 Å². The molecule has 0 aromatic carbocycles. The number of methoxy groups -OCH3 is 1. The SMILES string of the molecule is CCC(=CCN1CCN(C2CCCC2)CC1)C(=O)OC. The van der Waals surface area contributed by atoms with Gasteiger partial charge in [0.05, 0.1) is 7.11 Å². The van der Waals surface area contributed by atoms with Gasteiger partial charge in [0, 0.05) is 44.3 Å². The lowest BCUT2D eigenvalue weighted by Crippen LogP contribution is -2.49. The minimum Gasteiger partial charge on any atom is -0.466 e. The molecule has 0 spiro atoms. The number of hydrogen-bond acceptors (Lipinski definition) is 4. The van der Waals surface area contributed by atoms with E-state index in [2.05, 4.69) is 9.80 Å². The molecule has 2 fully saturated rings. The van der Waals surface area contributed by atoms with Gasteiger partial charge in [0.2, 0.25) is 0 Å². The Balaban J connectivity index is 1.76. The highest BCUT2D eigenvalue weighted by atomic mass is 16.5. The topological polar surface area (TPSA) is 32.8 Å². The van der Waals surface area contributed by atoms with E-state index in [0.29, 0.717) is 0 Å². The maximum absolute atomic E-state index is 11.5. The van der Waals surface area contributed by atoms with Gasteiger partial charge in [-0.05, 0) is 19.3 Å². The van der Waals surface area contributed by atoms with Gasteiger partial charge in [0.15, 0.2) is 0 Å². The van der Waals surface area contributed by atoms with E-state index in [-0.39, 0.29) is 5.97 Å². The molecule has 0 aromatic rings. The van der Waals surface area contributed by atoms with Crippen LogP contribution in [-0.4, -0.2) is 61.6 Å². The van der Waals surface area contributed by atoms with Crippen LogP contribution in [0.4, 0.5) is 0 Å². The summed E-state index contributed by atoms with van der Waals surface area (Å²) in [5.74, 6) is -0.183. The summed E-state index contributed by atoms with van der Waals surface area (Å²) in [6, 6.07) is 0.842. The predicted octanol–water partition coefficient (Wildman–Crippen LogP) is 2.06. The molecule has 0 bridgehead atoms. The molecule has 0 amide bonds. The molecule has 1 aliphatic carbocycles. The van der Waals surface area contributed by atoms with Crippen molar-refractivity contribution in [2.75, 3.05) is 39.8 Å². The highest BCUT2D eigenvalue weighted by molar-refractivity contribution is 5.88. The first-order valence-electron chi connectivity index (χ1n) is 7.98. The molecule has 0 unspecified atom stereocenters. The van der Waals surface area contributed by atoms with Crippen molar-refractivity contribution in [1.82, 2.24) is 9.80 Å². The Bertz CT molecular complexity index is 340. The minimum absolute atomic E-state index is 0.183. The van der Waals surface area contributed by atoms with Crippen LogP contribution in [0.1, 0.15) is 39.0 Å². The lowest BCUT2D eigenvalue weighted by atomic mass is 10.1. The quantitative estimate of drug-likeness (QED) is 0.570. The molecule has 1 aliphatic heterocycles. The summed E-state index contributed by atoms with van der Waals surface area (Å²) < 4.78 is 4.79. The summed E-state index contributed by atoms with van der Waals surface area (Å²) in [7, 11) is 1.45. The highest BCUT2D eigenvalue weighted by Gasteiger charge is 2.25. The third-order valence-electron chi connectivity index (χ3n) is 4.67. The van der Waals surface area contributed by atoms with Crippen molar-refractivity contribution in [3.8, 4) is 0 Å². The van der Waals surface area contributed by atoms with Crippen LogP contribution in [0.3, 0.4) is 0 Å². The Morgan fingerprint density at radius 1 is 1.20 bits per heavy atom. The number of rotatable bonds is 5. The van der Waals surface area contributed by atoms with Crippen molar-refractivity contribution in [3.05, 3.63) is 11.6 Å². The van der Waals surface area contributed by atoms with Gasteiger partial charge >= 0.3 is 5.97 Å². The second-order valence-electron chi connectivity index (χ2n) is 5.85. The Morgan fingerprint density at radius 2 is 1.85 bits per heavy atom. The zero-order chi connectivity index (χ0) is 14.4. The van der Waals surface area contributed by atoms with Crippen LogP contribution < -0.4 is 0 Å². The van der Waals surface area contributed by atoms with E-state index in [1.165, 1.54) is 45.9 Å². The van der Waals surface area contributed by atoms with E-state index in [1.807, 2.05) is 13.0 Å². The van der Waals surface area contributed by atoms with Crippen LogP contribution >= 0.6 is 0 Å². The molecular formula is C16H28N2O2. The number of nitrogens with zero attached hydrogens (tertiary/aromatic N) is 2. The maximum atomic E-state index is 11.5. The second-order valence-corrected chi connectivity index (χ2v) is 5.85. The first-order chi connectivity index (χ1) is 9.74. The molecule has 0 aromatic heterocycles. The summed E-state index contributed by atoms with van der Waals surface area (Å²) in [4.78, 5) is 16.6. The Morgan fingerprint density at radius 3 is 2.40 bits per heavy atom. The zero-order valence-corrected chi connectivity index (χ0v) is 12.9. The molecule has 2 rings (SSSR count). The van der Waals surface area contributed by atoms with Gasteiger partial charge in [-0.3, -0.25) is 9.80 Å². The van der Waals surface area contributed by atoms with Gasteiger partial charge < -0.3 is 4.74 Å². The van der Waals surface area contributed by atoms with Gasteiger partial charge in [0.1, 0.15) is 0 Å². The minimum atomic E-state index is -0.183. The van der Waals surface area contributed by atoms with E-state index in [1.54, 1.807) is 0 Å². The Kier molecular flexibility index (Phi) is 6.05. The molecular weight excluding hydrogens is 252 g/mol. The molecule has 2 aliphatic rings. The molecule has 0 N–H and O–H groups in total. The van der Waals surface area contributed by atoms with Crippen molar-refractivity contribution < 1.29 is 9.53 Å². The van der Waals surface area contributed by atoms with Crippen molar-refractivity contribution in [2.45, 2.75) is 45.1 Å². The van der Waals surface area contributed by atoms with Crippen LogP contribution in [0.2, 0.25) is 0 Å². The first kappa shape index (κ1) is 15.5. The molecule has 114 valence electrons. The average Bonchev–Trinajstić information content (AvgIpc) is 3.02. The number of carbonyl (C=O) groups is 1. The molecule has 1 saturated carbocycles. The summed E-state index contributed by atoms with van der Waals surface area (Å²) in [5, 5.41) is 0. The third-order valence-corrected chi connectivity index (χ3v) is 4.67. The van der Waals surface area contributed by atoms with Crippen molar-refractivity contribution in [3.63, 3.8) is 0 Å². The van der Waals surface area contributed by atoms with E-state index in [4.69, 9.17) is 4.74 Å². The largest absolute Gasteiger partial charge is 0.466 e. The molecule has 4 heteroatoms. The highest BCUT2D eigenvalue weighted by Crippen LogP contribution is 2.24. The molecule has 1 heterocycles. The number of esters is 1. The van der Waals surface area contributed by atoms with Crippen molar-refractivity contribution in [1.29, 1.82) is 0 Å². The van der Waals surface area contributed by atoms with Gasteiger partial charge in [-0.1, -0.05) is 25.8 Å². The molecule has 0 atom stereocenters. The summed E-state index contributed by atoms with van der Waals surface area (Å²) in [5.41, 5.74) is 0.797. The monoisotopic (exact) mass is 280 g/mol. The van der Waals surface area contributed by atoms with E-state index < -0.39 is 0 Å². The molecule has 4 nitrogen and oxygen atoms in total. The maximum Gasteiger partial charge on any atom is 0.333 e. The lowest BCUT2D eigenvalue weighted by molar-refractivity contribution is -0.136. The fourth-order valence-electron chi connectivity index (χ4n) is 3.32. The van der Waals surface area contributed by atoms with E-state index in [9.17, 15) is 4.79 Å². The molecule has 0 radical (unpaired) electrons. The van der Waals surface area contributed by atoms with Gasteiger partial charge in [-0.25, -0.2) is 4.79 Å². The summed E-state index contributed by atoms with van der Waals surface area (Å²) in [6.45, 7) is 7.46. The van der Waals surface area contributed by atoms with Gasteiger partial charge in [0.25, 0.3) is 0 Å². The van der Waals surface area contributed by atoms with E-state index >= 15 is 0 Å². The second kappa shape index (κ2) is 7.79. The fraction of sp³-hybridized carbons (Fsp3) is 0.812. The van der Waals surface area contributed by atoms with Crippen LogP contribution in [0.5, 0.6) is 0 Å². The predicted molar refractivity (Wildman–Crippen MR) is 80.7 cm³/mol. The molecule has 20 heavy (non-hydrogen) atoms.